The van der Waals surface area contributed by atoms with Crippen LogP contribution in [0.15, 0.2) is 48.5 Å². The van der Waals surface area contributed by atoms with E-state index >= 15 is 0 Å². The van der Waals surface area contributed by atoms with Crippen molar-refractivity contribution in [2.45, 2.75) is 76.5 Å². The molecule has 1 aliphatic heterocycles. The molecular weight excluding hydrogens is 530 g/mol. The van der Waals surface area contributed by atoms with Crippen molar-refractivity contribution < 1.29 is 38.3 Å². The zero-order valence-electron chi connectivity index (χ0n) is 23.4. The summed E-state index contributed by atoms with van der Waals surface area (Å²) in [5, 5.41) is 2.91. The third-order valence-corrected chi connectivity index (χ3v) is 6.82. The molecule has 0 bridgehead atoms. The number of amides is 3. The van der Waals surface area contributed by atoms with E-state index in [1.807, 2.05) is 48.5 Å². The lowest BCUT2D eigenvalue weighted by Crippen LogP contribution is -2.46. The average molecular weight is 566 g/mol. The van der Waals surface area contributed by atoms with Gasteiger partial charge in [-0.1, -0.05) is 48.5 Å². The molecule has 2 atom stereocenters. The minimum absolute atomic E-state index is 0.00967. The molecular formula is C30H35N3O8. The number of nitrogens with zero attached hydrogens (tertiary/aromatic N) is 1. The molecule has 0 aromatic heterocycles. The molecule has 2 aromatic rings. The van der Waals surface area contributed by atoms with Gasteiger partial charge in [0.15, 0.2) is 0 Å². The summed E-state index contributed by atoms with van der Waals surface area (Å²) in [6.45, 7) is 5.20. The molecule has 218 valence electrons. The Hall–Kier alpha value is -4.25. The molecule has 0 saturated carbocycles. The van der Waals surface area contributed by atoms with Crippen LogP contribution in [0.3, 0.4) is 0 Å². The summed E-state index contributed by atoms with van der Waals surface area (Å²) >= 11 is 0. The molecule has 0 spiro atoms. The lowest BCUT2D eigenvalue weighted by atomic mass is 9.98. The number of benzene rings is 2. The number of hydroxylamine groups is 2. The maximum atomic E-state index is 12.9. The van der Waals surface area contributed by atoms with Crippen molar-refractivity contribution in [3.05, 3.63) is 59.7 Å². The smallest absolute Gasteiger partial charge is 0.407 e. The fourth-order valence-corrected chi connectivity index (χ4v) is 4.88. The first-order valence-corrected chi connectivity index (χ1v) is 13.6. The molecule has 41 heavy (non-hydrogen) atoms. The van der Waals surface area contributed by atoms with Crippen LogP contribution in [0.2, 0.25) is 0 Å². The van der Waals surface area contributed by atoms with Gasteiger partial charge in [0, 0.05) is 18.8 Å². The number of carbonyl (C=O) groups is 5. The lowest BCUT2D eigenvalue weighted by molar-refractivity contribution is -0.199. The molecule has 1 unspecified atom stereocenters. The normalized spacial score (nSPS) is 16.0. The van der Waals surface area contributed by atoms with Gasteiger partial charge in [-0.05, 0) is 62.3 Å². The fourth-order valence-electron chi connectivity index (χ4n) is 4.88. The number of nitrogens with one attached hydrogen (secondary N) is 1. The van der Waals surface area contributed by atoms with Crippen LogP contribution >= 0.6 is 0 Å². The maximum absolute atomic E-state index is 12.9. The highest BCUT2D eigenvalue weighted by molar-refractivity contribution is 6.01. The molecule has 3 amide bonds. The number of hydrogen-bond donors (Lipinski definition) is 2. The number of esters is 1. The largest absolute Gasteiger partial charge is 0.459 e. The van der Waals surface area contributed by atoms with Crippen molar-refractivity contribution in [2.24, 2.45) is 5.73 Å². The first-order chi connectivity index (χ1) is 19.4. The highest BCUT2D eigenvalue weighted by atomic mass is 16.7. The van der Waals surface area contributed by atoms with Crippen LogP contribution in [0.1, 0.15) is 69.9 Å². The van der Waals surface area contributed by atoms with E-state index in [0.717, 1.165) is 22.3 Å². The molecule has 2 aliphatic rings. The second-order valence-electron chi connectivity index (χ2n) is 11.1. The van der Waals surface area contributed by atoms with E-state index in [0.29, 0.717) is 5.06 Å². The SMILES string of the molecule is CC(C)(C)OC(=O)C(N)CCC[C@H](NC(=O)OCC1c2ccccc2-c2ccccc21)C(=O)ON1C(=O)CCC1=O. The van der Waals surface area contributed by atoms with Gasteiger partial charge in [-0.15, -0.1) is 5.06 Å². The van der Waals surface area contributed by atoms with E-state index < -0.39 is 47.5 Å². The Bertz CT molecular complexity index is 1270. The molecule has 1 heterocycles. The zero-order valence-corrected chi connectivity index (χ0v) is 23.4. The van der Waals surface area contributed by atoms with Crippen LogP contribution in [-0.4, -0.2) is 59.2 Å². The number of carbonyl (C=O) groups excluding carboxylic acids is 5. The van der Waals surface area contributed by atoms with Gasteiger partial charge in [0.1, 0.15) is 24.3 Å². The molecule has 3 N–H and O–H groups in total. The van der Waals surface area contributed by atoms with Gasteiger partial charge in [0.25, 0.3) is 11.8 Å². The number of ether oxygens (including phenoxy) is 2. The summed E-state index contributed by atoms with van der Waals surface area (Å²) in [4.78, 5) is 67.0. The van der Waals surface area contributed by atoms with E-state index in [4.69, 9.17) is 20.0 Å². The van der Waals surface area contributed by atoms with Crippen molar-refractivity contribution in [1.82, 2.24) is 10.4 Å². The fraction of sp³-hybridized carbons (Fsp3) is 0.433. The van der Waals surface area contributed by atoms with E-state index in [-0.39, 0.29) is 44.6 Å². The topological polar surface area (TPSA) is 154 Å². The third-order valence-electron chi connectivity index (χ3n) is 6.82. The summed E-state index contributed by atoms with van der Waals surface area (Å²) in [5.74, 6) is -3.07. The van der Waals surface area contributed by atoms with Crippen molar-refractivity contribution in [2.75, 3.05) is 6.61 Å². The zero-order chi connectivity index (χ0) is 29.7. The van der Waals surface area contributed by atoms with Gasteiger partial charge in [-0.2, -0.15) is 0 Å². The van der Waals surface area contributed by atoms with Crippen molar-refractivity contribution in [3.63, 3.8) is 0 Å². The van der Waals surface area contributed by atoms with Gasteiger partial charge >= 0.3 is 18.0 Å². The minimum Gasteiger partial charge on any atom is -0.459 e. The first-order valence-electron chi connectivity index (χ1n) is 13.6. The van der Waals surface area contributed by atoms with Crippen molar-refractivity contribution in [3.8, 4) is 11.1 Å². The van der Waals surface area contributed by atoms with Gasteiger partial charge in [0.2, 0.25) is 0 Å². The molecule has 2 aromatic carbocycles. The number of nitrogens with two attached hydrogens (primary N) is 1. The van der Waals surface area contributed by atoms with E-state index in [1.54, 1.807) is 20.8 Å². The Labute approximate surface area is 238 Å². The van der Waals surface area contributed by atoms with Crippen LogP contribution in [0.25, 0.3) is 11.1 Å². The first kappa shape index (κ1) is 29.7. The van der Waals surface area contributed by atoms with Crippen LogP contribution in [-0.2, 0) is 33.5 Å². The number of rotatable bonds is 10. The molecule has 1 saturated heterocycles. The Kier molecular flexibility index (Phi) is 9.07. The highest BCUT2D eigenvalue weighted by Crippen LogP contribution is 2.44. The van der Waals surface area contributed by atoms with Gasteiger partial charge in [0.05, 0.1) is 0 Å². The molecule has 4 rings (SSSR count). The molecule has 11 nitrogen and oxygen atoms in total. The highest BCUT2D eigenvalue weighted by Gasteiger charge is 2.36. The van der Waals surface area contributed by atoms with Gasteiger partial charge in [-0.25, -0.2) is 9.59 Å². The molecule has 0 radical (unpaired) electrons. The van der Waals surface area contributed by atoms with Crippen LogP contribution in [0.5, 0.6) is 0 Å². The molecule has 11 heteroatoms. The minimum atomic E-state index is -1.27. The second-order valence-corrected chi connectivity index (χ2v) is 11.1. The van der Waals surface area contributed by atoms with E-state index in [2.05, 4.69) is 5.32 Å². The quantitative estimate of drug-likeness (QED) is 0.326. The van der Waals surface area contributed by atoms with Gasteiger partial charge < -0.3 is 25.4 Å². The summed E-state index contributed by atoms with van der Waals surface area (Å²) in [7, 11) is 0. The standard InChI is InChI=1S/C30H35N3O8/c1-30(2,3)40-27(36)23(31)13-8-14-24(28(37)41-33-25(34)15-16-26(33)35)32-29(38)39-17-22-20-11-6-4-9-18(20)19-10-5-7-12-21(19)22/h4-7,9-12,22-24H,8,13-17,31H2,1-3H3,(H,32,38)/t23?,24-/m0/s1. The maximum Gasteiger partial charge on any atom is 0.407 e. The number of imide groups is 1. The number of alkyl carbamates (subject to hydrolysis) is 1. The monoisotopic (exact) mass is 565 g/mol. The van der Waals surface area contributed by atoms with Crippen LogP contribution < -0.4 is 11.1 Å². The summed E-state index contributed by atoms with van der Waals surface area (Å²) in [5.41, 5.74) is 9.44. The average Bonchev–Trinajstić information content (AvgIpc) is 3.42. The predicted molar refractivity (Wildman–Crippen MR) is 147 cm³/mol. The van der Waals surface area contributed by atoms with Gasteiger partial charge in [-0.3, -0.25) is 14.4 Å². The Morgan fingerprint density at radius 1 is 0.927 bits per heavy atom. The summed E-state index contributed by atoms with van der Waals surface area (Å²) in [6, 6.07) is 13.5. The number of hydrogen-bond acceptors (Lipinski definition) is 9. The Morgan fingerprint density at radius 2 is 1.49 bits per heavy atom. The predicted octanol–water partition coefficient (Wildman–Crippen LogP) is 3.34. The third kappa shape index (κ3) is 7.29. The van der Waals surface area contributed by atoms with E-state index in [1.165, 1.54) is 0 Å². The summed E-state index contributed by atoms with van der Waals surface area (Å²) in [6.07, 6.45) is -0.610. The van der Waals surface area contributed by atoms with Crippen molar-refractivity contribution in [1.29, 1.82) is 0 Å². The summed E-state index contributed by atoms with van der Waals surface area (Å²) < 4.78 is 10.8. The lowest BCUT2D eigenvalue weighted by Gasteiger charge is -2.23. The molecule has 1 aliphatic carbocycles. The van der Waals surface area contributed by atoms with E-state index in [9.17, 15) is 24.0 Å². The number of fused-ring (bicyclic) bond motifs is 3. The van der Waals surface area contributed by atoms with Crippen LogP contribution in [0, 0.1) is 0 Å². The van der Waals surface area contributed by atoms with Crippen molar-refractivity contribution >= 4 is 29.8 Å². The Morgan fingerprint density at radius 3 is 2.05 bits per heavy atom. The molecule has 1 fully saturated rings. The Balaban J connectivity index is 1.39. The second kappa shape index (κ2) is 12.5. The van der Waals surface area contributed by atoms with Crippen LogP contribution in [0.4, 0.5) is 4.79 Å².